The van der Waals surface area contributed by atoms with Gasteiger partial charge in [-0.25, -0.2) is 4.39 Å². The second-order valence-corrected chi connectivity index (χ2v) is 6.24. The molecule has 1 heterocycles. The van der Waals surface area contributed by atoms with Crippen molar-refractivity contribution in [2.45, 2.75) is 13.5 Å². The van der Waals surface area contributed by atoms with E-state index >= 15 is 0 Å². The lowest BCUT2D eigenvalue weighted by Gasteiger charge is -2.32. The van der Waals surface area contributed by atoms with E-state index in [1.54, 1.807) is 13.0 Å². The monoisotopic (exact) mass is 298 g/mol. The van der Waals surface area contributed by atoms with E-state index in [4.69, 9.17) is 0 Å². The van der Waals surface area contributed by atoms with Crippen molar-refractivity contribution in [1.29, 1.82) is 0 Å². The predicted molar refractivity (Wildman–Crippen MR) is 89.3 cm³/mol. The molecule has 3 heteroatoms. The Morgan fingerprint density at radius 3 is 2.18 bits per heavy atom. The van der Waals surface area contributed by atoms with Crippen molar-refractivity contribution in [2.75, 3.05) is 33.2 Å². The van der Waals surface area contributed by atoms with Gasteiger partial charge in [0.05, 0.1) is 0 Å². The van der Waals surface area contributed by atoms with Gasteiger partial charge in [-0.2, -0.15) is 0 Å². The van der Waals surface area contributed by atoms with E-state index in [1.165, 1.54) is 5.56 Å². The van der Waals surface area contributed by atoms with Gasteiger partial charge in [0.1, 0.15) is 5.82 Å². The molecular formula is C19H23FN2. The Morgan fingerprint density at radius 1 is 0.909 bits per heavy atom. The molecule has 0 atom stereocenters. The van der Waals surface area contributed by atoms with E-state index in [0.29, 0.717) is 5.56 Å². The molecule has 1 aliphatic heterocycles. The van der Waals surface area contributed by atoms with Crippen molar-refractivity contribution >= 4 is 0 Å². The molecule has 0 aliphatic carbocycles. The van der Waals surface area contributed by atoms with Crippen LogP contribution in [0.5, 0.6) is 0 Å². The lowest BCUT2D eigenvalue weighted by Crippen LogP contribution is -2.43. The summed E-state index contributed by atoms with van der Waals surface area (Å²) in [5, 5.41) is 0. The van der Waals surface area contributed by atoms with Crippen LogP contribution in [-0.2, 0) is 6.54 Å². The van der Waals surface area contributed by atoms with E-state index in [2.05, 4.69) is 41.1 Å². The minimum absolute atomic E-state index is 0.140. The van der Waals surface area contributed by atoms with Crippen LogP contribution in [0.15, 0.2) is 42.5 Å². The van der Waals surface area contributed by atoms with Crippen LogP contribution in [0.3, 0.4) is 0 Å². The number of piperazine rings is 1. The maximum Gasteiger partial charge on any atom is 0.126 e. The Bertz CT molecular complexity index is 628. The molecule has 2 nitrogen and oxygen atoms in total. The second-order valence-electron chi connectivity index (χ2n) is 6.24. The van der Waals surface area contributed by atoms with E-state index in [1.807, 2.05) is 12.1 Å². The van der Waals surface area contributed by atoms with E-state index < -0.39 is 0 Å². The third-order valence-corrected chi connectivity index (χ3v) is 4.46. The van der Waals surface area contributed by atoms with Gasteiger partial charge in [0.25, 0.3) is 0 Å². The third kappa shape index (κ3) is 3.54. The van der Waals surface area contributed by atoms with Gasteiger partial charge in [-0.1, -0.05) is 36.4 Å². The van der Waals surface area contributed by atoms with Crippen LogP contribution >= 0.6 is 0 Å². The number of benzene rings is 2. The summed E-state index contributed by atoms with van der Waals surface area (Å²) >= 11 is 0. The number of hydrogen-bond donors (Lipinski definition) is 0. The summed E-state index contributed by atoms with van der Waals surface area (Å²) < 4.78 is 13.7. The van der Waals surface area contributed by atoms with Crippen molar-refractivity contribution < 1.29 is 4.39 Å². The maximum absolute atomic E-state index is 13.7. The summed E-state index contributed by atoms with van der Waals surface area (Å²) in [5.41, 5.74) is 4.02. The molecule has 116 valence electrons. The van der Waals surface area contributed by atoms with Crippen molar-refractivity contribution in [2.24, 2.45) is 0 Å². The summed E-state index contributed by atoms with van der Waals surface area (Å²) in [5.74, 6) is -0.140. The summed E-state index contributed by atoms with van der Waals surface area (Å²) in [7, 11) is 2.17. The summed E-state index contributed by atoms with van der Waals surface area (Å²) in [6, 6.07) is 13.9. The number of rotatable bonds is 3. The van der Waals surface area contributed by atoms with Crippen LogP contribution in [0.4, 0.5) is 4.39 Å². The summed E-state index contributed by atoms with van der Waals surface area (Å²) in [6.45, 7) is 7.32. The molecule has 3 rings (SSSR count). The number of aryl methyl sites for hydroxylation is 1. The molecule has 0 N–H and O–H groups in total. The van der Waals surface area contributed by atoms with E-state index in [0.717, 1.165) is 43.9 Å². The van der Waals surface area contributed by atoms with Crippen LogP contribution in [0.2, 0.25) is 0 Å². The van der Waals surface area contributed by atoms with Crippen LogP contribution in [0.1, 0.15) is 11.1 Å². The number of hydrogen-bond acceptors (Lipinski definition) is 2. The Labute approximate surface area is 132 Å². The Balaban J connectivity index is 1.68. The molecule has 0 spiro atoms. The van der Waals surface area contributed by atoms with Crippen LogP contribution in [0, 0.1) is 12.7 Å². The largest absolute Gasteiger partial charge is 0.304 e. The molecule has 1 aliphatic rings. The van der Waals surface area contributed by atoms with Gasteiger partial charge in [-0.15, -0.1) is 0 Å². The molecule has 2 aromatic rings. The second kappa shape index (κ2) is 6.59. The molecule has 1 saturated heterocycles. The lowest BCUT2D eigenvalue weighted by molar-refractivity contribution is 0.148. The molecule has 0 unspecified atom stereocenters. The topological polar surface area (TPSA) is 6.48 Å². The third-order valence-electron chi connectivity index (χ3n) is 4.46. The van der Waals surface area contributed by atoms with Crippen molar-refractivity contribution in [1.82, 2.24) is 9.80 Å². The fourth-order valence-electron chi connectivity index (χ4n) is 2.84. The van der Waals surface area contributed by atoms with Gasteiger partial charge >= 0.3 is 0 Å². The molecule has 0 bridgehead atoms. The normalized spacial score (nSPS) is 16.9. The zero-order valence-electron chi connectivity index (χ0n) is 13.3. The zero-order valence-corrected chi connectivity index (χ0v) is 13.3. The molecule has 0 saturated carbocycles. The van der Waals surface area contributed by atoms with Gasteiger partial charge < -0.3 is 4.90 Å². The molecule has 0 radical (unpaired) electrons. The minimum atomic E-state index is -0.140. The maximum atomic E-state index is 13.7. The smallest absolute Gasteiger partial charge is 0.126 e. The SMILES string of the molecule is Cc1ccc(-c2ccc(CN3CCN(C)CC3)cc2)cc1F. The van der Waals surface area contributed by atoms with Gasteiger partial charge in [0.2, 0.25) is 0 Å². The van der Waals surface area contributed by atoms with Crippen molar-refractivity contribution in [3.8, 4) is 11.1 Å². The van der Waals surface area contributed by atoms with E-state index in [9.17, 15) is 4.39 Å². The fraction of sp³-hybridized carbons (Fsp3) is 0.368. The van der Waals surface area contributed by atoms with Crippen LogP contribution in [0.25, 0.3) is 11.1 Å². The molecule has 22 heavy (non-hydrogen) atoms. The summed E-state index contributed by atoms with van der Waals surface area (Å²) in [4.78, 5) is 4.85. The molecule has 2 aromatic carbocycles. The highest BCUT2D eigenvalue weighted by Crippen LogP contribution is 2.22. The molecule has 1 fully saturated rings. The average molecular weight is 298 g/mol. The highest BCUT2D eigenvalue weighted by atomic mass is 19.1. The van der Waals surface area contributed by atoms with E-state index in [-0.39, 0.29) is 5.82 Å². The first-order valence-electron chi connectivity index (χ1n) is 7.88. The Hall–Kier alpha value is -1.71. The van der Waals surface area contributed by atoms with Gasteiger partial charge in [-0.05, 0) is 42.3 Å². The molecular weight excluding hydrogens is 275 g/mol. The number of nitrogens with zero attached hydrogens (tertiary/aromatic N) is 2. The quantitative estimate of drug-likeness (QED) is 0.855. The zero-order chi connectivity index (χ0) is 15.5. The Kier molecular flexibility index (Phi) is 4.55. The first-order chi connectivity index (χ1) is 10.6. The van der Waals surface area contributed by atoms with Gasteiger partial charge in [-0.3, -0.25) is 4.90 Å². The van der Waals surface area contributed by atoms with Crippen LogP contribution < -0.4 is 0 Å². The van der Waals surface area contributed by atoms with Gasteiger partial charge in [0.15, 0.2) is 0 Å². The lowest BCUT2D eigenvalue weighted by atomic mass is 10.0. The Morgan fingerprint density at radius 2 is 1.55 bits per heavy atom. The minimum Gasteiger partial charge on any atom is -0.304 e. The number of likely N-dealkylation sites (N-methyl/N-ethyl adjacent to an activating group) is 1. The molecule has 0 aromatic heterocycles. The highest BCUT2D eigenvalue weighted by molar-refractivity contribution is 5.64. The molecule has 0 amide bonds. The standard InChI is InChI=1S/C19H23FN2/c1-15-3-6-18(13-19(15)20)17-7-4-16(5-8-17)14-22-11-9-21(2)10-12-22/h3-8,13H,9-12,14H2,1-2H3. The summed E-state index contributed by atoms with van der Waals surface area (Å²) in [6.07, 6.45) is 0. The first-order valence-corrected chi connectivity index (χ1v) is 7.88. The van der Waals surface area contributed by atoms with Crippen LogP contribution in [-0.4, -0.2) is 43.0 Å². The van der Waals surface area contributed by atoms with Crippen molar-refractivity contribution in [3.05, 3.63) is 59.4 Å². The van der Waals surface area contributed by atoms with Gasteiger partial charge in [0, 0.05) is 32.7 Å². The average Bonchev–Trinajstić information content (AvgIpc) is 2.53. The highest BCUT2D eigenvalue weighted by Gasteiger charge is 2.13. The fourth-order valence-corrected chi connectivity index (χ4v) is 2.84. The predicted octanol–water partition coefficient (Wildman–Crippen LogP) is 3.55. The number of halogens is 1. The van der Waals surface area contributed by atoms with Crippen molar-refractivity contribution in [3.63, 3.8) is 0 Å². The first kappa shape index (κ1) is 15.2.